The number of carboxylic acids is 1. The Balaban J connectivity index is 1.52. The average molecular weight is 352 g/mol. The molecule has 0 spiro atoms. The van der Waals surface area contributed by atoms with Gasteiger partial charge in [-0.2, -0.15) is 0 Å². The molecule has 6 heteroatoms. The molecule has 2 aromatic carbocycles. The number of aromatic nitrogens is 1. The lowest BCUT2D eigenvalue weighted by Gasteiger charge is -2.08. The number of anilines is 1. The molecule has 0 saturated heterocycles. The molecule has 0 radical (unpaired) electrons. The fraction of sp³-hybridized carbons (Fsp3) is 0.250. The smallest absolute Gasteiger partial charge is 0.306 e. The molecule has 1 amide bonds. The summed E-state index contributed by atoms with van der Waals surface area (Å²) in [6.07, 6.45) is 1.15. The minimum atomic E-state index is -0.818. The van der Waals surface area contributed by atoms with E-state index < -0.39 is 11.9 Å². The van der Waals surface area contributed by atoms with Gasteiger partial charge in [0.05, 0.1) is 5.92 Å². The van der Waals surface area contributed by atoms with Crippen molar-refractivity contribution in [2.45, 2.75) is 26.2 Å². The minimum Gasteiger partial charge on any atom is -0.481 e. The Morgan fingerprint density at radius 2 is 1.88 bits per heavy atom. The summed E-state index contributed by atoms with van der Waals surface area (Å²) in [6.45, 7) is 1.67. The fourth-order valence-corrected chi connectivity index (χ4v) is 2.64. The van der Waals surface area contributed by atoms with E-state index in [1.807, 2.05) is 36.4 Å². The molecule has 1 heterocycles. The third-order valence-electron chi connectivity index (χ3n) is 4.11. The molecule has 0 aliphatic carbocycles. The molecule has 0 saturated carbocycles. The minimum absolute atomic E-state index is 0.126. The number of aryl methyl sites for hydroxylation is 1. The highest BCUT2D eigenvalue weighted by Gasteiger charge is 2.12. The molecule has 6 nitrogen and oxygen atoms in total. The number of hydrogen-bond acceptors (Lipinski definition) is 4. The van der Waals surface area contributed by atoms with E-state index in [2.05, 4.69) is 10.3 Å². The number of aliphatic carboxylic acids is 1. The predicted molar refractivity (Wildman–Crippen MR) is 97.9 cm³/mol. The molecule has 3 rings (SSSR count). The molecule has 0 aliphatic rings. The van der Waals surface area contributed by atoms with Crippen LogP contribution in [0.4, 0.5) is 5.69 Å². The van der Waals surface area contributed by atoms with Gasteiger partial charge in [0, 0.05) is 18.5 Å². The lowest BCUT2D eigenvalue weighted by atomic mass is 10.0. The van der Waals surface area contributed by atoms with Gasteiger partial charge in [-0.15, -0.1) is 0 Å². The van der Waals surface area contributed by atoms with Gasteiger partial charge in [0.1, 0.15) is 5.52 Å². The number of fused-ring (bicyclic) bond motifs is 1. The summed E-state index contributed by atoms with van der Waals surface area (Å²) in [5.41, 5.74) is 3.10. The topological polar surface area (TPSA) is 92.4 Å². The molecule has 3 aromatic rings. The van der Waals surface area contributed by atoms with Crippen LogP contribution in [0.2, 0.25) is 0 Å². The van der Waals surface area contributed by atoms with Crippen molar-refractivity contribution in [3.05, 3.63) is 60.0 Å². The van der Waals surface area contributed by atoms with E-state index in [9.17, 15) is 9.59 Å². The Bertz CT molecular complexity index is 882. The number of carbonyl (C=O) groups excluding carboxylic acids is 1. The second-order valence-corrected chi connectivity index (χ2v) is 6.26. The first-order valence-corrected chi connectivity index (χ1v) is 8.47. The SMILES string of the molecule is CC(Cc1ccc(NC(=O)CCc2nc3ccccc3o2)cc1)C(=O)O. The third kappa shape index (κ3) is 4.47. The predicted octanol–water partition coefficient (Wildman–Crippen LogP) is 3.66. The number of oxazole rings is 1. The van der Waals surface area contributed by atoms with Crippen LogP contribution in [0.1, 0.15) is 24.8 Å². The zero-order valence-electron chi connectivity index (χ0n) is 14.4. The van der Waals surface area contributed by atoms with Gasteiger partial charge < -0.3 is 14.8 Å². The zero-order chi connectivity index (χ0) is 18.5. The van der Waals surface area contributed by atoms with Crippen molar-refractivity contribution in [3.63, 3.8) is 0 Å². The van der Waals surface area contributed by atoms with Crippen molar-refractivity contribution in [2.75, 3.05) is 5.32 Å². The summed E-state index contributed by atoms with van der Waals surface area (Å²) in [5.74, 6) is -0.841. The number of hydrogen-bond donors (Lipinski definition) is 2. The highest BCUT2D eigenvalue weighted by molar-refractivity contribution is 5.90. The number of amides is 1. The lowest BCUT2D eigenvalue weighted by molar-refractivity contribution is -0.141. The Kier molecular flexibility index (Phi) is 5.31. The third-order valence-corrected chi connectivity index (χ3v) is 4.11. The van der Waals surface area contributed by atoms with Crippen LogP contribution in [-0.2, 0) is 22.4 Å². The zero-order valence-corrected chi connectivity index (χ0v) is 14.4. The van der Waals surface area contributed by atoms with Crippen LogP contribution in [0.3, 0.4) is 0 Å². The van der Waals surface area contributed by atoms with Gasteiger partial charge in [-0.25, -0.2) is 4.98 Å². The molecule has 134 valence electrons. The highest BCUT2D eigenvalue weighted by Crippen LogP contribution is 2.17. The summed E-state index contributed by atoms with van der Waals surface area (Å²) >= 11 is 0. The second-order valence-electron chi connectivity index (χ2n) is 6.26. The lowest BCUT2D eigenvalue weighted by Crippen LogP contribution is -2.13. The fourth-order valence-electron chi connectivity index (χ4n) is 2.64. The molecule has 26 heavy (non-hydrogen) atoms. The van der Waals surface area contributed by atoms with E-state index in [-0.39, 0.29) is 12.3 Å². The standard InChI is InChI=1S/C20H20N2O4/c1-13(20(24)25)12-14-6-8-15(9-7-14)21-18(23)10-11-19-22-16-4-2-3-5-17(16)26-19/h2-9,13H,10-12H2,1H3,(H,21,23)(H,24,25). The molecule has 1 aromatic heterocycles. The van der Waals surface area contributed by atoms with Crippen LogP contribution < -0.4 is 5.32 Å². The van der Waals surface area contributed by atoms with Gasteiger partial charge in [-0.1, -0.05) is 31.2 Å². The summed E-state index contributed by atoms with van der Waals surface area (Å²) < 4.78 is 5.60. The normalized spacial score (nSPS) is 12.0. The Morgan fingerprint density at radius 1 is 1.15 bits per heavy atom. The van der Waals surface area contributed by atoms with Crippen LogP contribution in [-0.4, -0.2) is 22.0 Å². The van der Waals surface area contributed by atoms with Crippen molar-refractivity contribution >= 4 is 28.7 Å². The molecule has 0 bridgehead atoms. The first-order valence-electron chi connectivity index (χ1n) is 8.47. The molecule has 1 unspecified atom stereocenters. The van der Waals surface area contributed by atoms with E-state index in [0.717, 1.165) is 11.1 Å². The maximum Gasteiger partial charge on any atom is 0.306 e. The summed E-state index contributed by atoms with van der Waals surface area (Å²) in [7, 11) is 0. The van der Waals surface area contributed by atoms with Crippen LogP contribution in [0.15, 0.2) is 52.9 Å². The number of para-hydroxylation sites is 2. The van der Waals surface area contributed by atoms with Crippen LogP contribution in [0.5, 0.6) is 0 Å². The number of nitrogens with zero attached hydrogens (tertiary/aromatic N) is 1. The number of carboxylic acid groups (broad SMARTS) is 1. The van der Waals surface area contributed by atoms with Gasteiger partial charge in [0.25, 0.3) is 0 Å². The van der Waals surface area contributed by atoms with Crippen molar-refractivity contribution in [1.82, 2.24) is 4.98 Å². The molecular weight excluding hydrogens is 332 g/mol. The molecular formula is C20H20N2O4. The van der Waals surface area contributed by atoms with Gasteiger partial charge in [-0.3, -0.25) is 9.59 Å². The number of carbonyl (C=O) groups is 2. The molecule has 0 fully saturated rings. The monoisotopic (exact) mass is 352 g/mol. The number of benzene rings is 2. The second kappa shape index (κ2) is 7.82. The highest BCUT2D eigenvalue weighted by atomic mass is 16.4. The summed E-state index contributed by atoms with van der Waals surface area (Å²) in [6, 6.07) is 14.7. The average Bonchev–Trinajstić information content (AvgIpc) is 3.04. The van der Waals surface area contributed by atoms with Gasteiger partial charge >= 0.3 is 5.97 Å². The van der Waals surface area contributed by atoms with Crippen LogP contribution in [0, 0.1) is 5.92 Å². The van der Waals surface area contributed by atoms with Crippen LogP contribution in [0.25, 0.3) is 11.1 Å². The number of rotatable bonds is 7. The summed E-state index contributed by atoms with van der Waals surface area (Å²) in [5, 5.41) is 11.8. The van der Waals surface area contributed by atoms with Crippen molar-refractivity contribution in [2.24, 2.45) is 5.92 Å². The molecule has 0 aliphatic heterocycles. The largest absolute Gasteiger partial charge is 0.481 e. The van der Waals surface area contributed by atoms with Gasteiger partial charge in [0.2, 0.25) is 5.91 Å². The van der Waals surface area contributed by atoms with E-state index >= 15 is 0 Å². The maximum atomic E-state index is 12.1. The van der Waals surface area contributed by atoms with E-state index in [0.29, 0.717) is 30.0 Å². The van der Waals surface area contributed by atoms with Gasteiger partial charge in [0.15, 0.2) is 11.5 Å². The molecule has 1 atom stereocenters. The van der Waals surface area contributed by atoms with E-state index in [4.69, 9.17) is 9.52 Å². The molecule has 2 N–H and O–H groups in total. The van der Waals surface area contributed by atoms with Crippen molar-refractivity contribution in [1.29, 1.82) is 0 Å². The Hall–Kier alpha value is -3.15. The van der Waals surface area contributed by atoms with Crippen molar-refractivity contribution in [3.8, 4) is 0 Å². The van der Waals surface area contributed by atoms with Gasteiger partial charge in [-0.05, 0) is 36.2 Å². The quantitative estimate of drug-likeness (QED) is 0.677. The Labute approximate surface area is 150 Å². The first kappa shape index (κ1) is 17.7. The van der Waals surface area contributed by atoms with Crippen molar-refractivity contribution < 1.29 is 19.1 Å². The maximum absolute atomic E-state index is 12.1. The van der Waals surface area contributed by atoms with E-state index in [1.54, 1.807) is 19.1 Å². The number of nitrogens with one attached hydrogen (secondary N) is 1. The van der Waals surface area contributed by atoms with Crippen LogP contribution >= 0.6 is 0 Å². The summed E-state index contributed by atoms with van der Waals surface area (Å²) in [4.78, 5) is 27.3. The Morgan fingerprint density at radius 3 is 2.58 bits per heavy atom. The first-order chi connectivity index (χ1) is 12.5. The van der Waals surface area contributed by atoms with E-state index in [1.165, 1.54) is 0 Å².